The van der Waals surface area contributed by atoms with Crippen molar-refractivity contribution in [1.82, 2.24) is 10.2 Å². The molecule has 2 amide bonds. The molecule has 2 aromatic carbocycles. The van der Waals surface area contributed by atoms with Crippen molar-refractivity contribution in [1.29, 1.82) is 0 Å². The third-order valence-corrected chi connectivity index (χ3v) is 10.4. The van der Waals surface area contributed by atoms with Crippen LogP contribution in [0.25, 0.3) is 0 Å². The SMILES string of the molecule is COc1ccc(OC)c(CCN(C(=O)CC2CC3CCC2C3)C2CC(C(=O)NCCO)=CC(Oc3ccccc3I)C2O)c1. The molecule has 5 rings (SSSR count). The molecule has 2 bridgehead atoms. The van der Waals surface area contributed by atoms with E-state index >= 15 is 0 Å². The van der Waals surface area contributed by atoms with Crippen LogP contribution in [0, 0.1) is 21.3 Å². The number of hydrogen-bond acceptors (Lipinski definition) is 7. The molecule has 6 atom stereocenters. The summed E-state index contributed by atoms with van der Waals surface area (Å²) in [5, 5.41) is 23.9. The lowest BCUT2D eigenvalue weighted by atomic mass is 9.84. The molecule has 238 valence electrons. The number of benzene rings is 2. The fraction of sp³-hybridized carbons (Fsp3) is 0.529. The molecule has 3 aliphatic rings. The van der Waals surface area contributed by atoms with Gasteiger partial charge in [0.05, 0.1) is 30.4 Å². The van der Waals surface area contributed by atoms with Gasteiger partial charge in [-0.2, -0.15) is 0 Å². The van der Waals surface area contributed by atoms with Gasteiger partial charge in [0.15, 0.2) is 0 Å². The van der Waals surface area contributed by atoms with Crippen LogP contribution in [0.4, 0.5) is 0 Å². The maximum Gasteiger partial charge on any atom is 0.247 e. The Morgan fingerprint density at radius 1 is 1.07 bits per heavy atom. The van der Waals surface area contributed by atoms with E-state index in [1.54, 1.807) is 25.2 Å². The van der Waals surface area contributed by atoms with Gasteiger partial charge in [0.1, 0.15) is 29.5 Å². The van der Waals surface area contributed by atoms with Gasteiger partial charge in [-0.15, -0.1) is 0 Å². The van der Waals surface area contributed by atoms with Gasteiger partial charge < -0.3 is 34.6 Å². The van der Waals surface area contributed by atoms with Gasteiger partial charge in [-0.25, -0.2) is 0 Å². The van der Waals surface area contributed by atoms with Crippen molar-refractivity contribution in [3.63, 3.8) is 0 Å². The number of nitrogens with one attached hydrogen (secondary N) is 1. The maximum absolute atomic E-state index is 14.3. The number of aliphatic hydroxyl groups excluding tert-OH is 2. The van der Waals surface area contributed by atoms with Crippen LogP contribution in [0.1, 0.15) is 44.1 Å². The van der Waals surface area contributed by atoms with Crippen molar-refractivity contribution in [2.24, 2.45) is 17.8 Å². The van der Waals surface area contributed by atoms with E-state index in [0.29, 0.717) is 60.0 Å². The molecule has 0 aromatic heterocycles. The molecule has 10 heteroatoms. The number of amides is 2. The second kappa shape index (κ2) is 15.0. The molecule has 44 heavy (non-hydrogen) atoms. The average molecular weight is 719 g/mol. The zero-order valence-electron chi connectivity index (χ0n) is 25.4. The Morgan fingerprint density at radius 2 is 1.89 bits per heavy atom. The Labute approximate surface area is 273 Å². The highest BCUT2D eigenvalue weighted by molar-refractivity contribution is 14.1. The normalized spacial score (nSPS) is 25.7. The van der Waals surface area contributed by atoms with Crippen LogP contribution in [0.3, 0.4) is 0 Å². The summed E-state index contributed by atoms with van der Waals surface area (Å²) in [5.74, 6) is 3.25. The topological polar surface area (TPSA) is 118 Å². The van der Waals surface area contributed by atoms with E-state index in [-0.39, 0.29) is 31.4 Å². The molecule has 3 aliphatic carbocycles. The number of halogens is 1. The van der Waals surface area contributed by atoms with Crippen molar-refractivity contribution in [2.45, 2.75) is 63.2 Å². The highest BCUT2D eigenvalue weighted by Crippen LogP contribution is 2.49. The van der Waals surface area contributed by atoms with Gasteiger partial charge >= 0.3 is 0 Å². The molecule has 0 aliphatic heterocycles. The number of aliphatic hydroxyl groups is 2. The molecule has 0 spiro atoms. The zero-order chi connectivity index (χ0) is 31.2. The van der Waals surface area contributed by atoms with E-state index in [1.165, 1.54) is 19.3 Å². The lowest BCUT2D eigenvalue weighted by Crippen LogP contribution is -2.55. The van der Waals surface area contributed by atoms with Crippen LogP contribution in [-0.4, -0.2) is 79.1 Å². The first kappa shape index (κ1) is 32.6. The second-order valence-electron chi connectivity index (χ2n) is 12.1. The van der Waals surface area contributed by atoms with Crippen LogP contribution in [0.5, 0.6) is 17.2 Å². The Hall–Kier alpha value is -2.83. The Balaban J connectivity index is 1.45. The molecule has 2 fully saturated rings. The number of para-hydroxylation sites is 1. The Kier molecular flexibility index (Phi) is 11.1. The zero-order valence-corrected chi connectivity index (χ0v) is 27.6. The molecule has 2 saturated carbocycles. The number of rotatable bonds is 13. The molecule has 0 radical (unpaired) electrons. The third-order valence-electron chi connectivity index (χ3n) is 9.47. The van der Waals surface area contributed by atoms with Gasteiger partial charge in [0, 0.05) is 31.5 Å². The predicted octanol–water partition coefficient (Wildman–Crippen LogP) is 4.12. The number of carbonyl (C=O) groups excluding carboxylic acids is 2. The summed E-state index contributed by atoms with van der Waals surface area (Å²) in [4.78, 5) is 29.2. The van der Waals surface area contributed by atoms with E-state index in [4.69, 9.17) is 14.2 Å². The standard InChI is InChI=1S/C34H43IN2O7/c1-42-26-9-10-29(43-2)23(17-26)11-13-37(32(39)20-24-16-21-7-8-22(24)15-21)28-18-25(34(41)36-12-14-38)19-31(33(28)40)44-30-6-4-3-5-27(30)35/h3-6,9-10,17,19,21-22,24,28,31,33,38,40H,7-8,11-16,18,20H2,1-2H3,(H,36,41). The van der Waals surface area contributed by atoms with Gasteiger partial charge in [-0.05, 0) is 108 Å². The monoisotopic (exact) mass is 718 g/mol. The fourth-order valence-electron chi connectivity index (χ4n) is 7.23. The van der Waals surface area contributed by atoms with Crippen molar-refractivity contribution < 1.29 is 34.0 Å². The number of hydrogen-bond donors (Lipinski definition) is 3. The van der Waals surface area contributed by atoms with Gasteiger partial charge in [0.2, 0.25) is 11.8 Å². The molecule has 0 saturated heterocycles. The van der Waals surface area contributed by atoms with Crippen molar-refractivity contribution in [3.8, 4) is 17.2 Å². The Morgan fingerprint density at radius 3 is 2.57 bits per heavy atom. The summed E-state index contributed by atoms with van der Waals surface area (Å²) in [5.41, 5.74) is 1.30. The van der Waals surface area contributed by atoms with E-state index in [9.17, 15) is 19.8 Å². The molecule has 6 unspecified atom stereocenters. The number of nitrogens with zero attached hydrogens (tertiary/aromatic N) is 1. The number of ether oxygens (including phenoxy) is 3. The lowest BCUT2D eigenvalue weighted by Gasteiger charge is -2.41. The molecule has 0 heterocycles. The van der Waals surface area contributed by atoms with E-state index in [2.05, 4.69) is 27.9 Å². The van der Waals surface area contributed by atoms with Crippen molar-refractivity contribution >= 4 is 34.4 Å². The molecular weight excluding hydrogens is 675 g/mol. The first-order valence-electron chi connectivity index (χ1n) is 15.5. The van der Waals surface area contributed by atoms with Crippen molar-refractivity contribution in [3.05, 3.63) is 63.2 Å². The van der Waals surface area contributed by atoms with Crippen LogP contribution in [0.2, 0.25) is 0 Å². The number of methoxy groups -OCH3 is 2. The Bertz CT molecular complexity index is 1350. The van der Waals surface area contributed by atoms with Crippen LogP contribution in [0.15, 0.2) is 54.1 Å². The minimum absolute atomic E-state index is 0.0153. The summed E-state index contributed by atoms with van der Waals surface area (Å²) in [7, 11) is 3.22. The first-order valence-corrected chi connectivity index (χ1v) is 16.6. The highest BCUT2D eigenvalue weighted by atomic mass is 127. The van der Waals surface area contributed by atoms with E-state index in [1.807, 2.05) is 42.5 Å². The average Bonchev–Trinajstić information content (AvgIpc) is 3.66. The third kappa shape index (κ3) is 7.51. The molecular formula is C34H43IN2O7. The fourth-order valence-corrected chi connectivity index (χ4v) is 7.74. The highest BCUT2D eigenvalue weighted by Gasteiger charge is 2.44. The largest absolute Gasteiger partial charge is 0.497 e. The van der Waals surface area contributed by atoms with Crippen LogP contribution >= 0.6 is 22.6 Å². The maximum atomic E-state index is 14.3. The number of carbonyl (C=O) groups is 2. The summed E-state index contributed by atoms with van der Waals surface area (Å²) < 4.78 is 18.2. The molecule has 2 aromatic rings. The molecule has 9 nitrogen and oxygen atoms in total. The smallest absolute Gasteiger partial charge is 0.247 e. The summed E-state index contributed by atoms with van der Waals surface area (Å²) in [6, 6.07) is 12.4. The minimum atomic E-state index is -1.07. The summed E-state index contributed by atoms with van der Waals surface area (Å²) in [6.07, 6.45) is 5.51. The van der Waals surface area contributed by atoms with E-state index in [0.717, 1.165) is 15.6 Å². The number of fused-ring (bicyclic) bond motifs is 2. The van der Waals surface area contributed by atoms with Crippen LogP contribution in [-0.2, 0) is 16.0 Å². The second-order valence-corrected chi connectivity index (χ2v) is 13.3. The van der Waals surface area contributed by atoms with Crippen LogP contribution < -0.4 is 19.5 Å². The quantitative estimate of drug-likeness (QED) is 0.267. The van der Waals surface area contributed by atoms with Gasteiger partial charge in [-0.3, -0.25) is 9.59 Å². The molecule has 3 N–H and O–H groups in total. The minimum Gasteiger partial charge on any atom is -0.497 e. The summed E-state index contributed by atoms with van der Waals surface area (Å²) in [6.45, 7) is 0.240. The lowest BCUT2D eigenvalue weighted by molar-refractivity contribution is -0.140. The van der Waals surface area contributed by atoms with Gasteiger partial charge in [-0.1, -0.05) is 18.6 Å². The predicted molar refractivity (Wildman–Crippen MR) is 175 cm³/mol. The van der Waals surface area contributed by atoms with Gasteiger partial charge in [0.25, 0.3) is 0 Å². The van der Waals surface area contributed by atoms with Crippen molar-refractivity contribution in [2.75, 3.05) is 33.9 Å². The van der Waals surface area contributed by atoms with E-state index < -0.39 is 18.2 Å². The first-order chi connectivity index (χ1) is 21.3. The summed E-state index contributed by atoms with van der Waals surface area (Å²) >= 11 is 2.18.